The van der Waals surface area contributed by atoms with E-state index in [-0.39, 0.29) is 45.8 Å². The molecule has 0 bridgehead atoms. The zero-order chi connectivity index (χ0) is 63.8. The van der Waals surface area contributed by atoms with E-state index >= 15 is 0 Å². The standard InChI is InChI=1S/C14H31N2P.C13H13N2O2P.C12H28ClN2P.C12H11N2O2P.C7H8.C5H5NO.C2H3.BrH.Mg/c1-10-17(15(11(2)3)12(4)5)16(13(6)7)14(8)9;1-2-18(16,15-12-8-4-3-5-9-12)17-13-10-6-7-11-14-13;1-9(2)14(10(3)4)16(13)15(11(5)6)12(7)8;1-2-17(15-11-5-3-7-13-9-11)16-12-6-4-8-14-10-12;1-7-5-3-2-4-6-7;7-5-2-1-3-6-4-5;1-2;;/h10-14H,1H2,2-9H3;2-11H,1H2,(H,15,16);9-12H,1-8H3;2-10H,1H2;2-6H,1H3;1-4,7H;1H,2H2;1H;/q;;;;;;-1;;+2/p-1. The number of hydrogen-bond acceptors (Lipinski definition) is 13. The van der Waals surface area contributed by atoms with E-state index in [4.69, 9.17) is 29.9 Å². The van der Waals surface area contributed by atoms with E-state index in [1.54, 1.807) is 97.6 Å². The van der Waals surface area contributed by atoms with Crippen molar-refractivity contribution in [3.05, 3.63) is 215 Å². The van der Waals surface area contributed by atoms with Crippen LogP contribution in [-0.2, 0) is 4.57 Å². The van der Waals surface area contributed by atoms with E-state index in [2.05, 4.69) is 212 Å². The van der Waals surface area contributed by atoms with E-state index < -0.39 is 31.7 Å². The van der Waals surface area contributed by atoms with Gasteiger partial charge in [-0.25, -0.2) is 9.55 Å². The molecule has 0 spiro atoms. The number of rotatable bonds is 23. The van der Waals surface area contributed by atoms with Crippen LogP contribution in [-0.4, -0.2) is 115 Å². The van der Waals surface area contributed by atoms with Crippen molar-refractivity contribution in [3.8, 4) is 23.1 Å². The molecule has 4 aromatic heterocycles. The quantitative estimate of drug-likeness (QED) is 0.0357. The topological polar surface area (TPSA) is 142 Å². The first kappa shape index (κ1) is 86.1. The van der Waals surface area contributed by atoms with Crippen molar-refractivity contribution in [2.75, 3.05) is 5.09 Å². The molecule has 0 saturated carbocycles. The number of hydrogen-bond donors (Lipinski definition) is 2. The minimum absolute atomic E-state index is 0. The molecule has 1 atom stereocenters. The Kier molecular flexibility index (Phi) is 49.8. The van der Waals surface area contributed by atoms with E-state index in [1.807, 2.05) is 48.5 Å². The molecule has 86 heavy (non-hydrogen) atoms. The van der Waals surface area contributed by atoms with Crippen LogP contribution in [0.5, 0.6) is 23.1 Å². The smallest absolute Gasteiger partial charge is 1.00 e. The van der Waals surface area contributed by atoms with Crippen molar-refractivity contribution in [3.63, 3.8) is 0 Å². The maximum atomic E-state index is 12.4. The van der Waals surface area contributed by atoms with Gasteiger partial charge < -0.3 is 47.3 Å². The number of anilines is 1. The van der Waals surface area contributed by atoms with E-state index in [1.165, 1.54) is 17.6 Å². The van der Waals surface area contributed by atoms with Gasteiger partial charge in [0.15, 0.2) is 0 Å². The summed E-state index contributed by atoms with van der Waals surface area (Å²) in [5.74, 6) is 6.87. The number of aromatic nitrogens is 4. The number of benzene rings is 2. The number of aryl methyl sites for hydroxylation is 1. The SMILES string of the molecule is C=CP(=O)(Nc1ccccc1)Oc1ccccn1.C=CP(N(C(C)C)C(C)C)N(C(C)C)C(C)C.C=CP(Oc1cccnc1)Oc1cccnc1.CC(C)N(C(C)C)P(Cl)N(C(C)C)C(C)C.Cc1ccccc1.Oc1cccnc1.[Br-].[CH-]=C.[Mg+2]. The third-order valence-electron chi connectivity index (χ3n) is 10.8. The summed E-state index contributed by atoms with van der Waals surface area (Å²) in [6.07, 6.45) is 11.2. The summed E-state index contributed by atoms with van der Waals surface area (Å²) >= 11 is 6.71. The minimum atomic E-state index is -3.19. The van der Waals surface area contributed by atoms with Gasteiger partial charge in [-0.15, -0.1) is 0 Å². The van der Waals surface area contributed by atoms with Crippen LogP contribution in [0.1, 0.15) is 116 Å². The van der Waals surface area contributed by atoms with Gasteiger partial charge in [-0.1, -0.05) is 91.1 Å². The largest absolute Gasteiger partial charge is 2.00 e. The van der Waals surface area contributed by atoms with Crippen LogP contribution in [0.4, 0.5) is 5.69 Å². The van der Waals surface area contributed by atoms with E-state index in [0.717, 1.165) is 0 Å². The van der Waals surface area contributed by atoms with Crippen molar-refractivity contribution in [2.45, 2.75) is 166 Å². The van der Waals surface area contributed by atoms with Gasteiger partial charge >= 0.3 is 38.9 Å². The fourth-order valence-electron chi connectivity index (χ4n) is 7.85. The molecule has 2 N–H and O–H groups in total. The van der Waals surface area contributed by atoms with Gasteiger partial charge in [-0.3, -0.25) is 40.2 Å². The molecule has 6 rings (SSSR count). The number of pyridine rings is 4. The number of aromatic hydroxyl groups is 1. The van der Waals surface area contributed by atoms with Gasteiger partial charge in [0.25, 0.3) is 0 Å². The van der Waals surface area contributed by atoms with Crippen LogP contribution >= 0.6 is 42.9 Å². The maximum Gasteiger partial charge on any atom is 2.00 e. The van der Waals surface area contributed by atoms with Crippen LogP contribution in [0.3, 0.4) is 0 Å². The first-order valence-corrected chi connectivity index (χ1v) is 34.5. The number of halogens is 2. The van der Waals surface area contributed by atoms with Crippen molar-refractivity contribution in [2.24, 2.45) is 0 Å². The fourth-order valence-corrected chi connectivity index (χ4v) is 16.1. The van der Waals surface area contributed by atoms with Crippen LogP contribution < -0.4 is 35.6 Å². The predicted octanol–water partition coefficient (Wildman–Crippen LogP) is 16.7. The molecule has 6 aromatic rings. The Morgan fingerprint density at radius 3 is 1.20 bits per heavy atom. The second-order valence-electron chi connectivity index (χ2n) is 20.4. The second kappa shape index (κ2) is 49.7. The Bertz CT molecular complexity index is 2440. The Hall–Kier alpha value is -4.10. The first-order chi connectivity index (χ1) is 39.8. The van der Waals surface area contributed by atoms with Crippen LogP contribution in [0.2, 0.25) is 0 Å². The summed E-state index contributed by atoms with van der Waals surface area (Å²) < 4.78 is 39.0. The summed E-state index contributed by atoms with van der Waals surface area (Å²) in [7, 11) is -5.56. The molecule has 4 heterocycles. The Balaban J connectivity index is -0.000000976. The Morgan fingerprint density at radius 2 is 0.930 bits per heavy atom. The average Bonchev–Trinajstić information content (AvgIpc) is 3.36. The molecule has 0 saturated heterocycles. The van der Waals surface area contributed by atoms with E-state index in [0.29, 0.717) is 71.4 Å². The molecule has 21 heteroatoms. The molecule has 14 nitrogen and oxygen atoms in total. The van der Waals surface area contributed by atoms with Gasteiger partial charge in [0, 0.05) is 96.5 Å². The fraction of sp³-hybridized carbons (Fsp3) is 0.385. The van der Waals surface area contributed by atoms with Crippen molar-refractivity contribution in [1.82, 2.24) is 38.6 Å². The Morgan fingerprint density at radius 1 is 0.547 bits per heavy atom. The van der Waals surface area contributed by atoms with Crippen molar-refractivity contribution in [1.29, 1.82) is 0 Å². The van der Waals surface area contributed by atoms with Gasteiger partial charge in [0.05, 0.1) is 26.8 Å². The molecule has 470 valence electrons. The number of para-hydroxylation sites is 1. The van der Waals surface area contributed by atoms with Crippen LogP contribution in [0, 0.1) is 13.5 Å². The third-order valence-corrected chi connectivity index (χ3v) is 20.2. The van der Waals surface area contributed by atoms with E-state index in [9.17, 15) is 4.57 Å². The normalized spacial score (nSPS) is 11.3. The molecule has 2 aromatic carbocycles. The molecule has 0 amide bonds. The third kappa shape index (κ3) is 36.4. The second-order valence-corrected chi connectivity index (χ2v) is 27.9. The first-order valence-electron chi connectivity index (χ1n) is 28.1. The predicted molar refractivity (Wildman–Crippen MR) is 371 cm³/mol. The zero-order valence-electron chi connectivity index (χ0n) is 54.2. The molecule has 0 aliphatic rings. The van der Waals surface area contributed by atoms with Crippen molar-refractivity contribution >= 4 is 71.7 Å². The molecule has 0 fully saturated rings. The Labute approximate surface area is 555 Å². The number of nitrogens with zero attached hydrogens (tertiary/aromatic N) is 8. The van der Waals surface area contributed by atoms with Gasteiger partial charge in [0.2, 0.25) is 5.88 Å². The molecule has 1 unspecified atom stereocenters. The van der Waals surface area contributed by atoms with Gasteiger partial charge in [0.1, 0.15) is 24.8 Å². The van der Waals surface area contributed by atoms with Gasteiger partial charge in [-0.05, 0) is 178 Å². The van der Waals surface area contributed by atoms with Gasteiger partial charge in [-0.2, -0.15) is 0 Å². The monoisotopic (exact) mass is 1350 g/mol. The average molecular weight is 1350 g/mol. The summed E-state index contributed by atoms with van der Waals surface area (Å²) in [6, 6.07) is 39.3. The maximum absolute atomic E-state index is 12.4. The van der Waals surface area contributed by atoms with Crippen molar-refractivity contribution < 1.29 is 40.2 Å². The molecular weight excluding hydrogens is 1250 g/mol. The molecular formula is C65H99BrClMgN9O5P4. The van der Waals surface area contributed by atoms with Crippen LogP contribution in [0.15, 0.2) is 202 Å². The molecule has 0 radical (unpaired) electrons. The summed E-state index contributed by atoms with van der Waals surface area (Å²) in [6.45, 7) is 56.4. The molecule has 0 aliphatic heterocycles. The molecule has 0 aliphatic carbocycles. The zero-order valence-corrected chi connectivity index (χ0v) is 61.5. The summed E-state index contributed by atoms with van der Waals surface area (Å²) in [5, 5.41) is 11.4. The number of nitrogens with one attached hydrogen (secondary N) is 1. The minimum Gasteiger partial charge on any atom is -1.00 e. The summed E-state index contributed by atoms with van der Waals surface area (Å²) in [5.41, 5.74) is 2.03. The summed E-state index contributed by atoms with van der Waals surface area (Å²) in [4.78, 5) is 15.5. The van der Waals surface area contributed by atoms with Crippen LogP contribution in [0.25, 0.3) is 0 Å².